The van der Waals surface area contributed by atoms with Crippen molar-refractivity contribution in [2.45, 2.75) is 63.4 Å². The summed E-state index contributed by atoms with van der Waals surface area (Å²) in [6.45, 7) is 5.17. The summed E-state index contributed by atoms with van der Waals surface area (Å²) >= 11 is 0. The Morgan fingerprint density at radius 2 is 2.00 bits per heavy atom. The maximum absolute atomic E-state index is 12.6. The Kier molecular flexibility index (Phi) is 3.48. The van der Waals surface area contributed by atoms with E-state index >= 15 is 0 Å². The molecule has 0 aromatic carbocycles. The number of hydrogen-bond acceptors (Lipinski definition) is 6. The molecule has 9 atom stereocenters. The number of epoxide rings is 1. The van der Waals surface area contributed by atoms with Gasteiger partial charge in [0.2, 0.25) is 0 Å². The second-order valence-corrected chi connectivity index (χ2v) is 10.0. The average Bonchev–Trinajstić information content (AvgIpc) is 3.34. The van der Waals surface area contributed by atoms with Gasteiger partial charge in [0.15, 0.2) is 11.6 Å². The normalized spacial score (nSPS) is 56.3. The van der Waals surface area contributed by atoms with Gasteiger partial charge in [0.05, 0.1) is 12.2 Å². The first-order valence-corrected chi connectivity index (χ1v) is 10.2. The Morgan fingerprint density at radius 1 is 1.29 bits per heavy atom. The summed E-state index contributed by atoms with van der Waals surface area (Å²) in [7, 11) is 0. The van der Waals surface area contributed by atoms with Crippen LogP contribution in [0.25, 0.3) is 0 Å². The van der Waals surface area contributed by atoms with Crippen LogP contribution in [-0.4, -0.2) is 56.9 Å². The minimum atomic E-state index is -1.59. The van der Waals surface area contributed by atoms with Gasteiger partial charge in [-0.05, 0) is 61.7 Å². The van der Waals surface area contributed by atoms with E-state index in [4.69, 9.17) is 4.74 Å². The number of hydrogen-bond donors (Lipinski definition) is 3. The van der Waals surface area contributed by atoms with Crippen LogP contribution < -0.4 is 0 Å². The summed E-state index contributed by atoms with van der Waals surface area (Å²) in [5, 5.41) is 32.0. The zero-order chi connectivity index (χ0) is 20.3. The summed E-state index contributed by atoms with van der Waals surface area (Å²) in [5.74, 6) is -0.960. The van der Waals surface area contributed by atoms with Crippen LogP contribution in [0, 0.1) is 28.6 Å². The number of ketones is 2. The fourth-order valence-electron chi connectivity index (χ4n) is 7.73. The Morgan fingerprint density at radius 3 is 2.68 bits per heavy atom. The highest BCUT2D eigenvalue weighted by Gasteiger charge is 2.82. The van der Waals surface area contributed by atoms with Crippen LogP contribution in [0.1, 0.15) is 40.0 Å². The van der Waals surface area contributed by atoms with E-state index in [1.54, 1.807) is 12.2 Å². The number of fused-ring (bicyclic) bond motifs is 3. The van der Waals surface area contributed by atoms with Crippen molar-refractivity contribution >= 4 is 11.6 Å². The first kappa shape index (κ1) is 18.7. The van der Waals surface area contributed by atoms with Crippen molar-refractivity contribution in [1.82, 2.24) is 0 Å². The summed E-state index contributed by atoms with van der Waals surface area (Å²) < 4.78 is 6.37. The number of aliphatic hydroxyl groups is 3. The summed E-state index contributed by atoms with van der Waals surface area (Å²) in [4.78, 5) is 24.6. The lowest BCUT2D eigenvalue weighted by atomic mass is 9.46. The van der Waals surface area contributed by atoms with Crippen LogP contribution >= 0.6 is 0 Å². The van der Waals surface area contributed by atoms with Gasteiger partial charge in [-0.15, -0.1) is 0 Å². The molecule has 4 fully saturated rings. The van der Waals surface area contributed by atoms with Crippen molar-refractivity contribution in [3.63, 3.8) is 0 Å². The summed E-state index contributed by atoms with van der Waals surface area (Å²) in [6, 6.07) is 0. The standard InChI is InChI=1S/C22H28O6/c1-11-6-13-14-8-16(25)15-7-12(24)4-5-19(15,2)22(14)18(28-22)9-20(13,3)21(11,27)17(26)10-23/h4-5,7,11,13-14,16,18,23,25,27H,6,8-10H2,1-3H3/t11-,13+,14+,16-,18+,19+,20+,21+,22-/m1/s1. The topological polar surface area (TPSA) is 107 Å². The third-order valence-electron chi connectivity index (χ3n) is 9.11. The lowest BCUT2D eigenvalue weighted by Gasteiger charge is -2.56. The lowest BCUT2D eigenvalue weighted by molar-refractivity contribution is -0.166. The van der Waals surface area contributed by atoms with Gasteiger partial charge in [0.1, 0.15) is 17.8 Å². The highest BCUT2D eigenvalue weighted by Crippen LogP contribution is 2.76. The molecule has 5 rings (SSSR count). The average molecular weight is 388 g/mol. The number of carbonyl (C=O) groups is 2. The van der Waals surface area contributed by atoms with Gasteiger partial charge >= 0.3 is 0 Å². The molecule has 1 aliphatic heterocycles. The number of Topliss-reactive ketones (excluding diaryl/α,β-unsaturated/α-hetero) is 1. The summed E-state index contributed by atoms with van der Waals surface area (Å²) in [5.41, 5.74) is -2.67. The van der Waals surface area contributed by atoms with Crippen LogP contribution in [0.3, 0.4) is 0 Å². The Balaban J connectivity index is 1.63. The van der Waals surface area contributed by atoms with Gasteiger partial charge in [-0.3, -0.25) is 9.59 Å². The second kappa shape index (κ2) is 5.22. The van der Waals surface area contributed by atoms with Crippen LogP contribution in [0.2, 0.25) is 0 Å². The molecule has 1 saturated heterocycles. The molecule has 0 amide bonds. The third-order valence-corrected chi connectivity index (χ3v) is 9.11. The minimum Gasteiger partial charge on any atom is -0.389 e. The minimum absolute atomic E-state index is 0.0131. The molecule has 0 radical (unpaired) electrons. The van der Waals surface area contributed by atoms with Crippen molar-refractivity contribution in [2.24, 2.45) is 28.6 Å². The second-order valence-electron chi connectivity index (χ2n) is 10.0. The van der Waals surface area contributed by atoms with E-state index in [-0.39, 0.29) is 29.6 Å². The fourth-order valence-corrected chi connectivity index (χ4v) is 7.73. The third kappa shape index (κ3) is 1.76. The Bertz CT molecular complexity index is 846. The van der Waals surface area contributed by atoms with E-state index < -0.39 is 40.5 Å². The van der Waals surface area contributed by atoms with Gasteiger partial charge in [-0.2, -0.15) is 0 Å². The molecule has 6 heteroatoms. The molecular formula is C22H28O6. The predicted molar refractivity (Wildman–Crippen MR) is 99.1 cm³/mol. The Hall–Kier alpha value is -1.34. The van der Waals surface area contributed by atoms with Crippen molar-refractivity contribution in [3.8, 4) is 0 Å². The molecule has 152 valence electrons. The van der Waals surface area contributed by atoms with Crippen molar-refractivity contribution in [1.29, 1.82) is 0 Å². The van der Waals surface area contributed by atoms with Gasteiger partial charge in [-0.25, -0.2) is 0 Å². The van der Waals surface area contributed by atoms with Gasteiger partial charge < -0.3 is 20.1 Å². The van der Waals surface area contributed by atoms with Crippen molar-refractivity contribution < 1.29 is 29.6 Å². The zero-order valence-corrected chi connectivity index (χ0v) is 16.5. The van der Waals surface area contributed by atoms with E-state index in [0.29, 0.717) is 19.3 Å². The predicted octanol–water partition coefficient (Wildman–Crippen LogP) is 0.935. The van der Waals surface area contributed by atoms with E-state index in [0.717, 1.165) is 5.57 Å². The lowest BCUT2D eigenvalue weighted by Crippen LogP contribution is -2.63. The highest BCUT2D eigenvalue weighted by atomic mass is 16.6. The highest BCUT2D eigenvalue weighted by molar-refractivity contribution is 6.01. The molecule has 6 nitrogen and oxygen atoms in total. The van der Waals surface area contributed by atoms with Gasteiger partial charge in [0.25, 0.3) is 0 Å². The molecule has 3 saturated carbocycles. The van der Waals surface area contributed by atoms with E-state index in [9.17, 15) is 24.9 Å². The van der Waals surface area contributed by atoms with Crippen LogP contribution in [0.4, 0.5) is 0 Å². The quantitative estimate of drug-likeness (QED) is 0.608. The molecule has 0 unspecified atom stereocenters. The number of aliphatic hydroxyl groups excluding tert-OH is 2. The van der Waals surface area contributed by atoms with E-state index in [2.05, 4.69) is 0 Å². The molecule has 5 aliphatic rings. The molecule has 0 aromatic rings. The first-order valence-electron chi connectivity index (χ1n) is 10.2. The van der Waals surface area contributed by atoms with Crippen LogP contribution in [0.5, 0.6) is 0 Å². The summed E-state index contributed by atoms with van der Waals surface area (Å²) in [6.07, 6.45) is 5.71. The number of allylic oxidation sites excluding steroid dienone is 2. The SMILES string of the molecule is C[C@@H]1C[C@H]2[C@@H]3C[C@@H](O)C4=CC(=O)C=C[C@]4(C)[C@@]34O[C@H]4C[C@]2(C)[C@@]1(O)C(=O)CO. The Labute approximate surface area is 164 Å². The maximum Gasteiger partial charge on any atom is 0.190 e. The molecule has 0 aromatic heterocycles. The largest absolute Gasteiger partial charge is 0.389 e. The smallest absolute Gasteiger partial charge is 0.190 e. The number of ether oxygens (including phenoxy) is 1. The van der Waals surface area contributed by atoms with Crippen molar-refractivity contribution in [3.05, 3.63) is 23.8 Å². The monoisotopic (exact) mass is 388 g/mol. The number of rotatable bonds is 2. The maximum atomic E-state index is 12.6. The molecule has 28 heavy (non-hydrogen) atoms. The molecule has 3 N–H and O–H groups in total. The fraction of sp³-hybridized carbons (Fsp3) is 0.727. The first-order chi connectivity index (χ1) is 13.1. The van der Waals surface area contributed by atoms with Crippen LogP contribution in [-0.2, 0) is 14.3 Å². The van der Waals surface area contributed by atoms with E-state index in [1.807, 2.05) is 26.8 Å². The van der Waals surface area contributed by atoms with Crippen LogP contribution in [0.15, 0.2) is 23.8 Å². The zero-order valence-electron chi connectivity index (χ0n) is 16.5. The molecule has 4 aliphatic carbocycles. The van der Waals surface area contributed by atoms with Crippen molar-refractivity contribution in [2.75, 3.05) is 6.61 Å². The molecule has 0 bridgehead atoms. The van der Waals surface area contributed by atoms with E-state index in [1.165, 1.54) is 0 Å². The molecule has 1 heterocycles. The van der Waals surface area contributed by atoms with Gasteiger partial charge in [-0.1, -0.05) is 19.9 Å². The molecule has 1 spiro atoms. The molecular weight excluding hydrogens is 360 g/mol. The van der Waals surface area contributed by atoms with Gasteiger partial charge in [0, 0.05) is 10.8 Å². The number of carbonyl (C=O) groups excluding carboxylic acids is 2.